The number of ether oxygens (including phenoxy) is 1. The molecule has 1 aromatic carbocycles. The molecule has 1 N–H and O–H groups in total. The van der Waals surface area contributed by atoms with Crippen molar-refractivity contribution in [3.63, 3.8) is 0 Å². The number of rotatable bonds is 4. The van der Waals surface area contributed by atoms with Gasteiger partial charge < -0.3 is 15.0 Å². The van der Waals surface area contributed by atoms with E-state index in [0.717, 1.165) is 18.4 Å². The third kappa shape index (κ3) is 3.29. The van der Waals surface area contributed by atoms with E-state index in [-0.39, 0.29) is 29.4 Å². The Bertz CT molecular complexity index is 933. The molecule has 2 aromatic rings. The highest BCUT2D eigenvalue weighted by Crippen LogP contribution is 2.50. The quantitative estimate of drug-likeness (QED) is 0.859. The van der Waals surface area contributed by atoms with Crippen molar-refractivity contribution in [3.8, 4) is 11.4 Å². The monoisotopic (exact) mass is 392 g/mol. The number of carbonyl (C=O) groups is 2. The van der Waals surface area contributed by atoms with Gasteiger partial charge in [-0.05, 0) is 18.8 Å². The standard InChI is InChI=1S/C22H24N4O3/c1-14-7-8-29-18(14)21(28)26-12-17-9-22(17,13-26)25-20(27)16-10-23-19(24-11-16)15-5-3-2-4-6-15/h2-6,10-11,14,17-18H,7-9,12-13H2,1H3,(H,25,27)/t14-,17-,18+,22-/m1/s1. The Kier molecular flexibility index (Phi) is 4.35. The van der Waals surface area contributed by atoms with Gasteiger partial charge in [0.2, 0.25) is 0 Å². The van der Waals surface area contributed by atoms with Gasteiger partial charge in [-0.25, -0.2) is 9.97 Å². The first kappa shape index (κ1) is 18.2. The van der Waals surface area contributed by atoms with Crippen LogP contribution in [0.2, 0.25) is 0 Å². The Morgan fingerprint density at radius 3 is 2.66 bits per heavy atom. The van der Waals surface area contributed by atoms with Crippen molar-refractivity contribution in [2.75, 3.05) is 19.7 Å². The second kappa shape index (κ2) is 6.91. The molecule has 0 spiro atoms. The topological polar surface area (TPSA) is 84.4 Å². The van der Waals surface area contributed by atoms with Crippen molar-refractivity contribution in [2.45, 2.75) is 31.4 Å². The van der Waals surface area contributed by atoms with Gasteiger partial charge in [0.05, 0.1) is 11.1 Å². The summed E-state index contributed by atoms with van der Waals surface area (Å²) >= 11 is 0. The number of piperidine rings is 1. The third-order valence-electron chi connectivity index (χ3n) is 6.40. The van der Waals surface area contributed by atoms with Crippen LogP contribution in [0.4, 0.5) is 0 Å². The van der Waals surface area contributed by atoms with Crippen LogP contribution < -0.4 is 5.32 Å². The van der Waals surface area contributed by atoms with Crippen LogP contribution in [0, 0.1) is 11.8 Å². The molecule has 0 bridgehead atoms. The number of carbonyl (C=O) groups excluding carboxylic acids is 2. The van der Waals surface area contributed by atoms with Crippen molar-refractivity contribution in [1.29, 1.82) is 0 Å². The SMILES string of the molecule is C[C@@H]1CCO[C@@H]1C(=O)N1C[C@H]2C[C@@]2(NC(=O)c2cnc(-c3ccccc3)nc2)C1. The number of hydrogen-bond acceptors (Lipinski definition) is 5. The minimum absolute atomic E-state index is 0.0615. The maximum atomic E-state index is 12.8. The van der Waals surface area contributed by atoms with E-state index < -0.39 is 0 Å². The van der Waals surface area contributed by atoms with Gasteiger partial charge in [0.1, 0.15) is 6.10 Å². The summed E-state index contributed by atoms with van der Waals surface area (Å²) in [5.41, 5.74) is 1.03. The van der Waals surface area contributed by atoms with E-state index in [0.29, 0.717) is 37.0 Å². The van der Waals surface area contributed by atoms with Crippen molar-refractivity contribution < 1.29 is 14.3 Å². The number of fused-ring (bicyclic) bond motifs is 1. The molecule has 3 aliphatic rings. The normalized spacial score (nSPS) is 30.1. The number of likely N-dealkylation sites (tertiary alicyclic amines) is 1. The van der Waals surface area contributed by atoms with E-state index in [4.69, 9.17) is 4.74 Å². The van der Waals surface area contributed by atoms with Crippen LogP contribution in [0.5, 0.6) is 0 Å². The first-order valence-corrected chi connectivity index (χ1v) is 10.2. The Labute approximate surface area is 169 Å². The summed E-state index contributed by atoms with van der Waals surface area (Å²) in [7, 11) is 0. The summed E-state index contributed by atoms with van der Waals surface area (Å²) in [6, 6.07) is 9.65. The van der Waals surface area contributed by atoms with Crippen molar-refractivity contribution in [1.82, 2.24) is 20.2 Å². The molecule has 7 nitrogen and oxygen atoms in total. The first-order valence-electron chi connectivity index (χ1n) is 10.2. The minimum atomic E-state index is -0.334. The van der Waals surface area contributed by atoms with Crippen LogP contribution >= 0.6 is 0 Å². The van der Waals surface area contributed by atoms with Gasteiger partial charge in [0.25, 0.3) is 11.8 Å². The Morgan fingerprint density at radius 2 is 1.97 bits per heavy atom. The number of nitrogens with one attached hydrogen (secondary N) is 1. The van der Waals surface area contributed by atoms with Gasteiger partial charge in [-0.2, -0.15) is 0 Å². The number of amides is 2. The van der Waals surface area contributed by atoms with Gasteiger partial charge in [-0.1, -0.05) is 37.3 Å². The van der Waals surface area contributed by atoms with Crippen molar-refractivity contribution in [2.24, 2.45) is 11.8 Å². The zero-order valence-corrected chi connectivity index (χ0v) is 16.4. The molecule has 0 unspecified atom stereocenters. The third-order valence-corrected chi connectivity index (χ3v) is 6.40. The largest absolute Gasteiger partial charge is 0.368 e. The number of benzene rings is 1. The smallest absolute Gasteiger partial charge is 0.254 e. The summed E-state index contributed by atoms with van der Waals surface area (Å²) in [5.74, 6) is 1.04. The molecule has 2 amide bonds. The van der Waals surface area contributed by atoms with Crippen molar-refractivity contribution in [3.05, 3.63) is 48.3 Å². The van der Waals surface area contributed by atoms with E-state index in [1.807, 2.05) is 35.2 Å². The van der Waals surface area contributed by atoms with Crippen LogP contribution in [-0.2, 0) is 9.53 Å². The highest BCUT2D eigenvalue weighted by molar-refractivity contribution is 5.95. The molecule has 5 rings (SSSR count). The zero-order chi connectivity index (χ0) is 20.0. The summed E-state index contributed by atoms with van der Waals surface area (Å²) in [6.07, 6.45) is 4.62. The first-order chi connectivity index (χ1) is 14.1. The molecule has 3 fully saturated rings. The number of hydrogen-bond donors (Lipinski definition) is 1. The predicted molar refractivity (Wildman–Crippen MR) is 106 cm³/mol. The lowest BCUT2D eigenvalue weighted by Crippen LogP contribution is -2.46. The predicted octanol–water partition coefficient (Wildman–Crippen LogP) is 1.90. The molecule has 2 saturated heterocycles. The second-order valence-corrected chi connectivity index (χ2v) is 8.45. The number of aromatic nitrogens is 2. The van der Waals surface area contributed by atoms with Gasteiger partial charge in [-0.3, -0.25) is 9.59 Å². The lowest BCUT2D eigenvalue weighted by Gasteiger charge is -2.25. The molecule has 4 atom stereocenters. The lowest BCUT2D eigenvalue weighted by molar-refractivity contribution is -0.142. The fraction of sp³-hybridized carbons (Fsp3) is 0.455. The molecule has 7 heteroatoms. The fourth-order valence-electron chi connectivity index (χ4n) is 4.52. The van der Waals surface area contributed by atoms with E-state index in [9.17, 15) is 9.59 Å². The van der Waals surface area contributed by atoms with Crippen LogP contribution in [0.1, 0.15) is 30.1 Å². The van der Waals surface area contributed by atoms with E-state index in [1.165, 1.54) is 0 Å². The van der Waals surface area contributed by atoms with Gasteiger partial charge in [0.15, 0.2) is 5.82 Å². The molecule has 29 heavy (non-hydrogen) atoms. The summed E-state index contributed by atoms with van der Waals surface area (Å²) in [4.78, 5) is 36.0. The van der Waals surface area contributed by atoms with Gasteiger partial charge in [-0.15, -0.1) is 0 Å². The highest BCUT2D eigenvalue weighted by Gasteiger charge is 2.62. The maximum absolute atomic E-state index is 12.8. The molecule has 3 heterocycles. The summed E-state index contributed by atoms with van der Waals surface area (Å²) in [6.45, 7) is 3.95. The Balaban J connectivity index is 1.23. The molecule has 1 aromatic heterocycles. The molecule has 150 valence electrons. The lowest BCUT2D eigenvalue weighted by atomic mass is 10.0. The van der Waals surface area contributed by atoms with Crippen LogP contribution in [-0.4, -0.2) is 58.0 Å². The van der Waals surface area contributed by atoms with E-state index >= 15 is 0 Å². The van der Waals surface area contributed by atoms with E-state index in [1.54, 1.807) is 12.4 Å². The Hall–Kier alpha value is -2.80. The highest BCUT2D eigenvalue weighted by atomic mass is 16.5. The number of nitrogens with zero attached hydrogens (tertiary/aromatic N) is 3. The fourth-order valence-corrected chi connectivity index (χ4v) is 4.52. The Morgan fingerprint density at radius 1 is 1.21 bits per heavy atom. The molecule has 2 aliphatic heterocycles. The molecular formula is C22H24N4O3. The minimum Gasteiger partial charge on any atom is -0.368 e. The van der Waals surface area contributed by atoms with E-state index in [2.05, 4.69) is 22.2 Å². The van der Waals surface area contributed by atoms with Gasteiger partial charge in [0, 0.05) is 43.6 Å². The molecule has 1 saturated carbocycles. The van der Waals surface area contributed by atoms with Gasteiger partial charge >= 0.3 is 0 Å². The van der Waals surface area contributed by atoms with Crippen LogP contribution in [0.25, 0.3) is 11.4 Å². The van der Waals surface area contributed by atoms with Crippen LogP contribution in [0.15, 0.2) is 42.7 Å². The summed E-state index contributed by atoms with van der Waals surface area (Å²) < 4.78 is 5.63. The average molecular weight is 392 g/mol. The molecule has 0 radical (unpaired) electrons. The maximum Gasteiger partial charge on any atom is 0.254 e. The zero-order valence-electron chi connectivity index (χ0n) is 16.4. The average Bonchev–Trinajstić information content (AvgIpc) is 3.06. The molecule has 1 aliphatic carbocycles. The molecular weight excluding hydrogens is 368 g/mol. The van der Waals surface area contributed by atoms with Crippen molar-refractivity contribution >= 4 is 11.8 Å². The second-order valence-electron chi connectivity index (χ2n) is 8.45. The summed E-state index contributed by atoms with van der Waals surface area (Å²) in [5, 5.41) is 3.14. The van der Waals surface area contributed by atoms with Crippen LogP contribution in [0.3, 0.4) is 0 Å².